The van der Waals surface area contributed by atoms with Crippen LogP contribution in [0, 0.1) is 0 Å². The molecule has 86 valence electrons. The lowest BCUT2D eigenvalue weighted by atomic mass is 9.93. The van der Waals surface area contributed by atoms with Crippen LogP contribution in [0.5, 0.6) is 0 Å². The lowest BCUT2D eigenvalue weighted by Gasteiger charge is -2.11. The lowest BCUT2D eigenvalue weighted by molar-refractivity contribution is -0.108. The molecule has 0 saturated heterocycles. The van der Waals surface area contributed by atoms with Crippen LogP contribution >= 0.6 is 0 Å². The number of hydrogen-bond donors (Lipinski definition) is 0. The summed E-state index contributed by atoms with van der Waals surface area (Å²) in [4.78, 5) is 15.3. The minimum atomic E-state index is -0.213. The normalized spacial score (nSPS) is 12.1. The minimum absolute atomic E-state index is 0.213. The van der Waals surface area contributed by atoms with Crippen molar-refractivity contribution in [1.82, 2.24) is 4.98 Å². The second-order valence-electron chi connectivity index (χ2n) is 4.00. The van der Waals surface area contributed by atoms with Crippen LogP contribution in [0.15, 0.2) is 48.8 Å². The number of benzene rings is 1. The van der Waals surface area contributed by atoms with Crippen molar-refractivity contribution in [3.05, 3.63) is 65.5 Å². The number of rotatable bonds is 4. The number of aromatic nitrogens is 1. The van der Waals surface area contributed by atoms with E-state index in [9.17, 15) is 4.79 Å². The number of hydrogen-bond acceptors (Lipinski definition) is 2. The van der Waals surface area contributed by atoms with E-state index in [4.69, 9.17) is 0 Å². The van der Waals surface area contributed by atoms with Gasteiger partial charge in [-0.1, -0.05) is 37.3 Å². The van der Waals surface area contributed by atoms with Gasteiger partial charge in [0.1, 0.15) is 6.29 Å². The first-order valence-corrected chi connectivity index (χ1v) is 5.79. The third kappa shape index (κ3) is 2.59. The van der Waals surface area contributed by atoms with Gasteiger partial charge in [0, 0.05) is 12.4 Å². The van der Waals surface area contributed by atoms with E-state index in [1.165, 1.54) is 5.56 Å². The number of carbonyl (C=O) groups is 1. The van der Waals surface area contributed by atoms with Crippen LogP contribution in [-0.2, 0) is 11.2 Å². The lowest BCUT2D eigenvalue weighted by Crippen LogP contribution is -2.02. The summed E-state index contributed by atoms with van der Waals surface area (Å²) in [5, 5.41) is 0. The first-order chi connectivity index (χ1) is 8.35. The molecule has 0 saturated carbocycles. The molecule has 0 aliphatic carbocycles. The number of pyridine rings is 1. The molecular formula is C15H15NO. The third-order valence-corrected chi connectivity index (χ3v) is 2.93. The van der Waals surface area contributed by atoms with E-state index in [0.29, 0.717) is 0 Å². The van der Waals surface area contributed by atoms with Crippen molar-refractivity contribution >= 4 is 6.29 Å². The zero-order valence-electron chi connectivity index (χ0n) is 9.84. The Kier molecular flexibility index (Phi) is 3.66. The Labute approximate surface area is 101 Å². The molecule has 2 nitrogen and oxygen atoms in total. The predicted molar refractivity (Wildman–Crippen MR) is 68.0 cm³/mol. The smallest absolute Gasteiger partial charge is 0.131 e. The van der Waals surface area contributed by atoms with Crippen LogP contribution < -0.4 is 0 Å². The average molecular weight is 225 g/mol. The Bertz CT molecular complexity index is 476. The maximum absolute atomic E-state index is 11.2. The maximum Gasteiger partial charge on any atom is 0.131 e. The monoisotopic (exact) mass is 225 g/mol. The van der Waals surface area contributed by atoms with Crippen LogP contribution in [0.2, 0.25) is 0 Å². The molecule has 2 rings (SSSR count). The molecule has 0 radical (unpaired) electrons. The quantitative estimate of drug-likeness (QED) is 0.749. The number of nitrogens with zero attached hydrogens (tertiary/aromatic N) is 1. The van der Waals surface area contributed by atoms with Gasteiger partial charge in [0.15, 0.2) is 0 Å². The first kappa shape index (κ1) is 11.5. The highest BCUT2D eigenvalue weighted by atomic mass is 16.1. The predicted octanol–water partition coefficient (Wildman–Crippen LogP) is 2.97. The van der Waals surface area contributed by atoms with Gasteiger partial charge in [0.2, 0.25) is 0 Å². The molecule has 1 unspecified atom stereocenters. The van der Waals surface area contributed by atoms with Gasteiger partial charge in [-0.15, -0.1) is 0 Å². The molecule has 0 aliphatic heterocycles. The Morgan fingerprint density at radius 1 is 1.18 bits per heavy atom. The summed E-state index contributed by atoms with van der Waals surface area (Å²) in [6.07, 6.45) is 5.44. The summed E-state index contributed by atoms with van der Waals surface area (Å²) in [5.74, 6) is -0.213. The molecular weight excluding hydrogens is 210 g/mol. The summed E-state index contributed by atoms with van der Waals surface area (Å²) in [5.41, 5.74) is 3.24. The van der Waals surface area contributed by atoms with Crippen molar-refractivity contribution in [2.75, 3.05) is 0 Å². The number of carbonyl (C=O) groups excluding carboxylic acids is 1. The zero-order chi connectivity index (χ0) is 12.1. The van der Waals surface area contributed by atoms with Crippen molar-refractivity contribution in [3.8, 4) is 0 Å². The Balaban J connectivity index is 2.32. The summed E-state index contributed by atoms with van der Waals surface area (Å²) in [7, 11) is 0. The summed E-state index contributed by atoms with van der Waals surface area (Å²) in [6.45, 7) is 2.12. The fraction of sp³-hybridized carbons (Fsp3) is 0.200. The molecule has 0 aliphatic rings. The van der Waals surface area contributed by atoms with Crippen LogP contribution in [0.3, 0.4) is 0 Å². The van der Waals surface area contributed by atoms with E-state index in [2.05, 4.69) is 24.0 Å². The summed E-state index contributed by atoms with van der Waals surface area (Å²) >= 11 is 0. The zero-order valence-corrected chi connectivity index (χ0v) is 9.84. The van der Waals surface area contributed by atoms with Gasteiger partial charge < -0.3 is 4.79 Å². The van der Waals surface area contributed by atoms with E-state index in [0.717, 1.165) is 23.8 Å². The molecule has 2 heteroatoms. The highest BCUT2D eigenvalue weighted by Crippen LogP contribution is 2.22. The van der Waals surface area contributed by atoms with Crippen LogP contribution in [0.1, 0.15) is 29.5 Å². The molecule has 1 heterocycles. The van der Waals surface area contributed by atoms with Crippen LogP contribution in [0.25, 0.3) is 0 Å². The largest absolute Gasteiger partial charge is 0.302 e. The fourth-order valence-electron chi connectivity index (χ4n) is 1.87. The maximum atomic E-state index is 11.2. The Hall–Kier alpha value is -1.96. The highest BCUT2D eigenvalue weighted by molar-refractivity contribution is 5.68. The molecule has 0 bridgehead atoms. The molecule has 1 aromatic heterocycles. The van der Waals surface area contributed by atoms with E-state index >= 15 is 0 Å². The minimum Gasteiger partial charge on any atom is -0.302 e. The second kappa shape index (κ2) is 5.39. The van der Waals surface area contributed by atoms with E-state index in [1.54, 1.807) is 12.4 Å². The molecule has 17 heavy (non-hydrogen) atoms. The van der Waals surface area contributed by atoms with Crippen molar-refractivity contribution in [2.24, 2.45) is 0 Å². The SMILES string of the molecule is CCc1ccc(C(C=O)c2cccnc2)cc1. The fourth-order valence-corrected chi connectivity index (χ4v) is 1.87. The van der Waals surface area contributed by atoms with Crippen LogP contribution in [-0.4, -0.2) is 11.3 Å². The van der Waals surface area contributed by atoms with Gasteiger partial charge in [-0.2, -0.15) is 0 Å². The molecule has 1 atom stereocenters. The Morgan fingerprint density at radius 2 is 1.94 bits per heavy atom. The summed E-state index contributed by atoms with van der Waals surface area (Å²) in [6, 6.07) is 12.0. The third-order valence-electron chi connectivity index (χ3n) is 2.93. The van der Waals surface area contributed by atoms with Crippen molar-refractivity contribution in [2.45, 2.75) is 19.3 Å². The Morgan fingerprint density at radius 3 is 2.47 bits per heavy atom. The van der Waals surface area contributed by atoms with E-state index in [-0.39, 0.29) is 5.92 Å². The van der Waals surface area contributed by atoms with E-state index in [1.807, 2.05) is 24.3 Å². The van der Waals surface area contributed by atoms with Gasteiger partial charge in [-0.05, 0) is 29.2 Å². The van der Waals surface area contributed by atoms with Crippen molar-refractivity contribution in [1.29, 1.82) is 0 Å². The topological polar surface area (TPSA) is 30.0 Å². The van der Waals surface area contributed by atoms with Crippen molar-refractivity contribution < 1.29 is 4.79 Å². The molecule has 0 spiro atoms. The molecule has 2 aromatic rings. The van der Waals surface area contributed by atoms with Gasteiger partial charge in [0.05, 0.1) is 5.92 Å². The number of aryl methyl sites for hydroxylation is 1. The van der Waals surface area contributed by atoms with Crippen molar-refractivity contribution in [3.63, 3.8) is 0 Å². The van der Waals surface area contributed by atoms with Gasteiger partial charge >= 0.3 is 0 Å². The molecule has 0 fully saturated rings. The standard InChI is InChI=1S/C15H15NO/c1-2-12-5-7-13(8-6-12)15(11-17)14-4-3-9-16-10-14/h3-11,15H,2H2,1H3. The highest BCUT2D eigenvalue weighted by Gasteiger charge is 2.12. The molecule has 1 aromatic carbocycles. The van der Waals surface area contributed by atoms with Crippen LogP contribution in [0.4, 0.5) is 0 Å². The van der Waals surface area contributed by atoms with E-state index < -0.39 is 0 Å². The summed E-state index contributed by atoms with van der Waals surface area (Å²) < 4.78 is 0. The van der Waals surface area contributed by atoms with Gasteiger partial charge in [-0.25, -0.2) is 0 Å². The molecule has 0 amide bonds. The first-order valence-electron chi connectivity index (χ1n) is 5.79. The number of aldehydes is 1. The second-order valence-corrected chi connectivity index (χ2v) is 4.00. The molecule has 0 N–H and O–H groups in total. The van der Waals surface area contributed by atoms with Gasteiger partial charge in [-0.3, -0.25) is 4.98 Å². The van der Waals surface area contributed by atoms with Gasteiger partial charge in [0.25, 0.3) is 0 Å². The average Bonchev–Trinajstić information content (AvgIpc) is 2.42.